The summed E-state index contributed by atoms with van der Waals surface area (Å²) in [5, 5.41) is 15.4. The van der Waals surface area contributed by atoms with Gasteiger partial charge in [0.15, 0.2) is 11.7 Å². The number of hydrogen-bond donors (Lipinski definition) is 3. The number of aromatic nitrogens is 1. The van der Waals surface area contributed by atoms with Crippen molar-refractivity contribution >= 4 is 47.2 Å². The molecule has 0 fully saturated rings. The van der Waals surface area contributed by atoms with Gasteiger partial charge in [-0.25, -0.2) is 0 Å². The Bertz CT molecular complexity index is 714. The lowest BCUT2D eigenvalue weighted by Gasteiger charge is -2.11. The normalized spacial score (nSPS) is 11.2. The lowest BCUT2D eigenvalue weighted by Crippen LogP contribution is -2.38. The van der Waals surface area contributed by atoms with Crippen molar-refractivity contribution in [3.05, 3.63) is 39.9 Å². The summed E-state index contributed by atoms with van der Waals surface area (Å²) in [6.07, 6.45) is 2.92. The lowest BCUT2D eigenvalue weighted by molar-refractivity contribution is 0.0957. The Hall–Kier alpha value is -1.62. The zero-order valence-electron chi connectivity index (χ0n) is 16.7. The van der Waals surface area contributed by atoms with Crippen LogP contribution in [0.25, 0.3) is 0 Å². The van der Waals surface area contributed by atoms with E-state index in [1.807, 2.05) is 23.6 Å². The van der Waals surface area contributed by atoms with Crippen LogP contribution in [-0.2, 0) is 6.54 Å². The lowest BCUT2D eigenvalue weighted by atomic mass is 9.99. The Kier molecular flexibility index (Phi) is 11.8. The van der Waals surface area contributed by atoms with Crippen LogP contribution >= 0.6 is 35.3 Å². The number of nitrogens with zero attached hydrogens (tertiary/aromatic N) is 2. The van der Waals surface area contributed by atoms with Gasteiger partial charge >= 0.3 is 0 Å². The summed E-state index contributed by atoms with van der Waals surface area (Å²) in [7, 11) is 1.73. The molecule has 2 aromatic heterocycles. The fraction of sp³-hybridized carbons (Fsp3) is 0.526. The molecule has 28 heavy (non-hydrogen) atoms. The van der Waals surface area contributed by atoms with Gasteiger partial charge in [0.05, 0.1) is 17.1 Å². The van der Waals surface area contributed by atoms with Gasteiger partial charge in [0.25, 0.3) is 5.91 Å². The fourth-order valence-electron chi connectivity index (χ4n) is 2.70. The molecule has 156 valence electrons. The maximum atomic E-state index is 11.8. The van der Waals surface area contributed by atoms with Crippen LogP contribution < -0.4 is 16.0 Å². The van der Waals surface area contributed by atoms with Crippen molar-refractivity contribution < 1.29 is 9.32 Å². The third kappa shape index (κ3) is 7.78. The molecule has 7 nitrogen and oxygen atoms in total. The van der Waals surface area contributed by atoms with Gasteiger partial charge in [-0.15, -0.1) is 35.3 Å². The van der Waals surface area contributed by atoms with Crippen LogP contribution in [0.2, 0.25) is 0 Å². The van der Waals surface area contributed by atoms with Crippen molar-refractivity contribution in [1.29, 1.82) is 0 Å². The van der Waals surface area contributed by atoms with Crippen molar-refractivity contribution in [2.75, 3.05) is 20.1 Å². The van der Waals surface area contributed by atoms with Crippen LogP contribution in [0.15, 0.2) is 33.1 Å². The van der Waals surface area contributed by atoms with E-state index in [1.54, 1.807) is 7.05 Å². The number of rotatable bonds is 10. The number of nitrogens with one attached hydrogen (secondary N) is 3. The molecule has 3 N–H and O–H groups in total. The first-order valence-corrected chi connectivity index (χ1v) is 10.3. The highest BCUT2D eigenvalue weighted by Gasteiger charge is 2.13. The quantitative estimate of drug-likeness (QED) is 0.193. The molecule has 9 heteroatoms. The Morgan fingerprint density at radius 3 is 2.64 bits per heavy atom. The standard InChI is InChI=1S/C19H29N5O2S.HI/c1-4-14(5-2)16-12-15(26-24-16)13-23-19(20-3)22-10-7-9-21-18(25)17-8-6-11-27-17;/h6,8,11-12,14H,4-5,7,9-10,13H2,1-3H3,(H,21,25)(H2,20,22,23);1H. The van der Waals surface area contributed by atoms with Gasteiger partial charge in [0, 0.05) is 32.1 Å². The molecule has 0 aliphatic carbocycles. The minimum atomic E-state index is -0.0221. The zero-order valence-corrected chi connectivity index (χ0v) is 19.8. The summed E-state index contributed by atoms with van der Waals surface area (Å²) >= 11 is 1.44. The summed E-state index contributed by atoms with van der Waals surface area (Å²) in [4.78, 5) is 16.8. The van der Waals surface area contributed by atoms with Gasteiger partial charge in [0.2, 0.25) is 0 Å². The molecule has 0 aliphatic heterocycles. The zero-order chi connectivity index (χ0) is 19.5. The second-order valence-corrected chi connectivity index (χ2v) is 7.12. The second kappa shape index (κ2) is 13.5. The van der Waals surface area contributed by atoms with Crippen LogP contribution in [0.5, 0.6) is 0 Å². The molecule has 0 saturated heterocycles. The first kappa shape index (κ1) is 24.4. The highest BCUT2D eigenvalue weighted by molar-refractivity contribution is 14.0. The van der Waals surface area contributed by atoms with E-state index >= 15 is 0 Å². The van der Waals surface area contributed by atoms with Gasteiger partial charge in [-0.3, -0.25) is 9.79 Å². The van der Waals surface area contributed by atoms with Gasteiger partial charge in [-0.1, -0.05) is 25.1 Å². The number of aliphatic imine (C=N–C) groups is 1. The van der Waals surface area contributed by atoms with E-state index in [0.717, 1.165) is 35.6 Å². The summed E-state index contributed by atoms with van der Waals surface area (Å²) in [5.74, 6) is 1.92. The summed E-state index contributed by atoms with van der Waals surface area (Å²) in [6, 6.07) is 5.71. The number of carbonyl (C=O) groups is 1. The van der Waals surface area contributed by atoms with E-state index < -0.39 is 0 Å². The van der Waals surface area contributed by atoms with Crippen molar-refractivity contribution in [1.82, 2.24) is 21.1 Å². The monoisotopic (exact) mass is 519 g/mol. The minimum Gasteiger partial charge on any atom is -0.359 e. The smallest absolute Gasteiger partial charge is 0.261 e. The van der Waals surface area contributed by atoms with Crippen LogP contribution in [0, 0.1) is 0 Å². The maximum absolute atomic E-state index is 11.8. The molecule has 0 spiro atoms. The van der Waals surface area contributed by atoms with Gasteiger partial charge in [-0.2, -0.15) is 0 Å². The molecule has 0 unspecified atom stereocenters. The first-order valence-electron chi connectivity index (χ1n) is 9.39. The summed E-state index contributed by atoms with van der Waals surface area (Å²) < 4.78 is 5.41. The molecule has 2 aromatic rings. The predicted molar refractivity (Wildman–Crippen MR) is 125 cm³/mol. The van der Waals surface area contributed by atoms with Crippen LogP contribution in [-0.4, -0.2) is 37.2 Å². The first-order chi connectivity index (χ1) is 13.2. The van der Waals surface area contributed by atoms with Crippen molar-refractivity contribution in [3.8, 4) is 0 Å². The van der Waals surface area contributed by atoms with E-state index in [9.17, 15) is 4.79 Å². The molecule has 2 heterocycles. The largest absolute Gasteiger partial charge is 0.359 e. The molecular formula is C19H30IN5O2S. The van der Waals surface area contributed by atoms with E-state index in [4.69, 9.17) is 4.52 Å². The predicted octanol–water partition coefficient (Wildman–Crippen LogP) is 3.74. The summed E-state index contributed by atoms with van der Waals surface area (Å²) in [6.45, 7) is 6.17. The van der Waals surface area contributed by atoms with Crippen LogP contribution in [0.1, 0.15) is 60.2 Å². The number of hydrogen-bond acceptors (Lipinski definition) is 5. The highest BCUT2D eigenvalue weighted by atomic mass is 127. The molecular weight excluding hydrogens is 489 g/mol. The number of guanidine groups is 1. The van der Waals surface area contributed by atoms with Crippen molar-refractivity contribution in [3.63, 3.8) is 0 Å². The molecule has 0 saturated carbocycles. The average Bonchev–Trinajstić information content (AvgIpc) is 3.37. The van der Waals surface area contributed by atoms with E-state index in [1.165, 1.54) is 11.3 Å². The number of carbonyl (C=O) groups excluding carboxylic acids is 1. The van der Waals surface area contributed by atoms with E-state index in [0.29, 0.717) is 31.5 Å². The van der Waals surface area contributed by atoms with Gasteiger partial charge in [0.1, 0.15) is 0 Å². The molecule has 2 rings (SSSR count). The molecule has 0 aromatic carbocycles. The van der Waals surface area contributed by atoms with Crippen molar-refractivity contribution in [2.45, 2.75) is 45.6 Å². The number of amides is 1. The Morgan fingerprint density at radius 1 is 1.25 bits per heavy atom. The van der Waals surface area contributed by atoms with Gasteiger partial charge in [-0.05, 0) is 30.7 Å². The number of halogens is 1. The Labute approximate surface area is 187 Å². The Morgan fingerprint density at radius 2 is 2.00 bits per heavy atom. The van der Waals surface area contributed by atoms with E-state index in [2.05, 4.69) is 39.9 Å². The molecule has 0 atom stereocenters. The number of thiophene rings is 1. The minimum absolute atomic E-state index is 0. The fourth-order valence-corrected chi connectivity index (χ4v) is 3.34. The topological polar surface area (TPSA) is 91.6 Å². The third-order valence-electron chi connectivity index (χ3n) is 4.31. The van der Waals surface area contributed by atoms with Gasteiger partial charge < -0.3 is 20.5 Å². The SMILES string of the molecule is CCC(CC)c1cc(CNC(=NC)NCCCNC(=O)c2cccs2)on1.I. The molecule has 1 amide bonds. The van der Waals surface area contributed by atoms with Crippen LogP contribution in [0.3, 0.4) is 0 Å². The summed E-state index contributed by atoms with van der Waals surface area (Å²) in [5.41, 5.74) is 1.02. The second-order valence-electron chi connectivity index (χ2n) is 6.17. The van der Waals surface area contributed by atoms with Crippen molar-refractivity contribution in [2.24, 2.45) is 4.99 Å². The van der Waals surface area contributed by atoms with Crippen LogP contribution in [0.4, 0.5) is 0 Å². The average molecular weight is 519 g/mol. The third-order valence-corrected chi connectivity index (χ3v) is 5.18. The molecule has 0 bridgehead atoms. The molecule has 0 radical (unpaired) electrons. The Balaban J connectivity index is 0.00000392. The highest BCUT2D eigenvalue weighted by Crippen LogP contribution is 2.22. The molecule has 0 aliphatic rings. The van der Waals surface area contributed by atoms with E-state index in [-0.39, 0.29) is 29.9 Å². The maximum Gasteiger partial charge on any atom is 0.261 e.